The molecule has 1 saturated heterocycles. The van der Waals surface area contributed by atoms with Crippen LogP contribution in [0.5, 0.6) is 0 Å². The first kappa shape index (κ1) is 21.3. The van der Waals surface area contributed by atoms with Crippen molar-refractivity contribution >= 4 is 34.1 Å². The van der Waals surface area contributed by atoms with Gasteiger partial charge in [0.15, 0.2) is 5.11 Å². The van der Waals surface area contributed by atoms with Crippen LogP contribution in [0.3, 0.4) is 0 Å². The van der Waals surface area contributed by atoms with Crippen LogP contribution in [0, 0.1) is 11.6 Å². The Balaban J connectivity index is 1.28. The molecule has 162 valence electrons. The van der Waals surface area contributed by atoms with Gasteiger partial charge in [0.2, 0.25) is 0 Å². The van der Waals surface area contributed by atoms with Gasteiger partial charge in [-0.3, -0.25) is 9.78 Å². The molecule has 0 amide bonds. The van der Waals surface area contributed by atoms with E-state index in [1.165, 1.54) is 24.3 Å². The van der Waals surface area contributed by atoms with Crippen molar-refractivity contribution in [1.29, 1.82) is 0 Å². The average Bonchev–Trinajstić information content (AvgIpc) is 2.76. The molecule has 9 heteroatoms. The molecular weight excluding hydrogens is 420 g/mol. The largest absolute Gasteiger partial charge is 0.360 e. The van der Waals surface area contributed by atoms with Crippen LogP contribution in [0.25, 0.3) is 11.0 Å². The smallest absolute Gasteiger partial charge is 0.251 e. The molecule has 6 nitrogen and oxygen atoms in total. The summed E-state index contributed by atoms with van der Waals surface area (Å²) in [6.07, 6.45) is 2.97. The highest BCUT2D eigenvalue weighted by Crippen LogP contribution is 2.14. The minimum Gasteiger partial charge on any atom is -0.360 e. The zero-order valence-electron chi connectivity index (χ0n) is 16.9. The number of hydrogen-bond acceptors (Lipinski definition) is 4. The zero-order valence-corrected chi connectivity index (χ0v) is 17.7. The molecule has 3 heterocycles. The number of nitrogens with one attached hydrogen (secondary N) is 2. The highest BCUT2D eigenvalue weighted by atomic mass is 32.1. The fraction of sp³-hybridized carbons (Fsp3) is 0.318. The highest BCUT2D eigenvalue weighted by Gasteiger charge is 2.20. The second-order valence-corrected chi connectivity index (χ2v) is 8.01. The second-order valence-electron chi connectivity index (χ2n) is 7.60. The number of pyridine rings is 2. The monoisotopic (exact) mass is 443 g/mol. The lowest BCUT2D eigenvalue weighted by Crippen LogP contribution is -2.46. The maximum Gasteiger partial charge on any atom is 0.251 e. The van der Waals surface area contributed by atoms with E-state index >= 15 is 0 Å². The van der Waals surface area contributed by atoms with E-state index in [1.807, 2.05) is 0 Å². The maximum absolute atomic E-state index is 13.6. The SMILES string of the molecule is O=c1ccc2ncc(F)cc2n1CCN1CCC(NC(=S)Nc2ccc(F)cc2)CC1. The van der Waals surface area contributed by atoms with Crippen LogP contribution >= 0.6 is 12.2 Å². The second kappa shape index (κ2) is 9.49. The predicted octanol–water partition coefficient (Wildman–Crippen LogP) is 3.13. The number of hydrogen-bond donors (Lipinski definition) is 2. The van der Waals surface area contributed by atoms with Gasteiger partial charge >= 0.3 is 0 Å². The summed E-state index contributed by atoms with van der Waals surface area (Å²) in [4.78, 5) is 18.6. The molecule has 0 bridgehead atoms. The first-order valence-electron chi connectivity index (χ1n) is 10.2. The number of piperidine rings is 1. The Labute approximate surface area is 183 Å². The molecule has 2 N–H and O–H groups in total. The Morgan fingerprint density at radius 2 is 1.81 bits per heavy atom. The van der Waals surface area contributed by atoms with Crippen molar-refractivity contribution in [3.8, 4) is 0 Å². The van der Waals surface area contributed by atoms with Crippen LogP contribution in [0.1, 0.15) is 12.8 Å². The fourth-order valence-electron chi connectivity index (χ4n) is 3.80. The summed E-state index contributed by atoms with van der Waals surface area (Å²) in [5.74, 6) is -0.743. The van der Waals surface area contributed by atoms with Crippen molar-refractivity contribution < 1.29 is 8.78 Å². The van der Waals surface area contributed by atoms with Crippen molar-refractivity contribution in [1.82, 2.24) is 19.8 Å². The quantitative estimate of drug-likeness (QED) is 0.591. The van der Waals surface area contributed by atoms with Gasteiger partial charge in [0.1, 0.15) is 11.6 Å². The molecule has 0 aliphatic carbocycles. The summed E-state index contributed by atoms with van der Waals surface area (Å²) < 4.78 is 28.2. The number of thiocarbonyl (C=S) groups is 1. The summed E-state index contributed by atoms with van der Waals surface area (Å²) >= 11 is 5.36. The molecule has 0 radical (unpaired) electrons. The summed E-state index contributed by atoms with van der Waals surface area (Å²) in [6, 6.07) is 10.7. The van der Waals surface area contributed by atoms with E-state index in [4.69, 9.17) is 12.2 Å². The number of benzene rings is 1. The van der Waals surface area contributed by atoms with Crippen molar-refractivity contribution in [3.05, 3.63) is 70.6 Å². The van der Waals surface area contributed by atoms with E-state index in [0.29, 0.717) is 29.2 Å². The van der Waals surface area contributed by atoms with E-state index in [9.17, 15) is 13.6 Å². The minimum absolute atomic E-state index is 0.159. The van der Waals surface area contributed by atoms with Gasteiger partial charge < -0.3 is 20.1 Å². The number of halogens is 2. The van der Waals surface area contributed by atoms with Crippen LogP contribution in [0.2, 0.25) is 0 Å². The van der Waals surface area contributed by atoms with Gasteiger partial charge in [0, 0.05) is 50.0 Å². The van der Waals surface area contributed by atoms with Crippen LogP contribution < -0.4 is 16.2 Å². The van der Waals surface area contributed by atoms with Crippen LogP contribution in [-0.4, -0.2) is 45.2 Å². The molecule has 1 aliphatic rings. The normalized spacial score (nSPS) is 15.2. The molecule has 0 atom stereocenters. The van der Waals surface area contributed by atoms with Crippen LogP contribution in [0.4, 0.5) is 14.5 Å². The maximum atomic E-state index is 13.6. The van der Waals surface area contributed by atoms with E-state index in [2.05, 4.69) is 20.5 Å². The van der Waals surface area contributed by atoms with Gasteiger partial charge in [-0.2, -0.15) is 0 Å². The van der Waals surface area contributed by atoms with Crippen molar-refractivity contribution in [2.45, 2.75) is 25.4 Å². The summed E-state index contributed by atoms with van der Waals surface area (Å²) in [5.41, 5.74) is 1.70. The molecule has 1 fully saturated rings. The minimum atomic E-state index is -0.455. The molecule has 31 heavy (non-hydrogen) atoms. The Hall–Kier alpha value is -2.91. The van der Waals surface area contributed by atoms with E-state index in [-0.39, 0.29) is 17.4 Å². The molecule has 0 spiro atoms. The predicted molar refractivity (Wildman–Crippen MR) is 121 cm³/mol. The lowest BCUT2D eigenvalue weighted by molar-refractivity contribution is 0.200. The van der Waals surface area contributed by atoms with Gasteiger partial charge in [0.25, 0.3) is 5.56 Å². The number of nitrogens with zero attached hydrogens (tertiary/aromatic N) is 3. The van der Waals surface area contributed by atoms with Crippen molar-refractivity contribution in [3.63, 3.8) is 0 Å². The standard InChI is InChI=1S/C22H23F2N5OS/c23-15-1-3-17(4-2-15)26-22(31)27-18-7-9-28(10-8-18)11-12-29-20-13-16(24)14-25-19(20)5-6-21(29)30/h1-6,13-14,18H,7-12H2,(H2,26,27,31). The van der Waals surface area contributed by atoms with Gasteiger partial charge in [-0.25, -0.2) is 8.78 Å². The number of likely N-dealkylation sites (tertiary alicyclic amines) is 1. The number of rotatable bonds is 5. The van der Waals surface area contributed by atoms with Crippen molar-refractivity contribution in [2.24, 2.45) is 0 Å². The summed E-state index contributed by atoms with van der Waals surface area (Å²) in [5, 5.41) is 6.89. The molecule has 0 saturated carbocycles. The molecule has 0 unspecified atom stereocenters. The molecule has 2 aromatic heterocycles. The van der Waals surface area contributed by atoms with Gasteiger partial charge in [0.05, 0.1) is 17.2 Å². The molecular formula is C22H23F2N5OS. The topological polar surface area (TPSA) is 62.2 Å². The number of aromatic nitrogens is 2. The lowest BCUT2D eigenvalue weighted by Gasteiger charge is -2.33. The molecule has 3 aromatic rings. The first-order chi connectivity index (χ1) is 15.0. The third-order valence-electron chi connectivity index (χ3n) is 5.47. The number of fused-ring (bicyclic) bond motifs is 1. The summed E-state index contributed by atoms with van der Waals surface area (Å²) in [7, 11) is 0. The van der Waals surface area contributed by atoms with Gasteiger partial charge in [-0.05, 0) is 55.4 Å². The van der Waals surface area contributed by atoms with E-state index < -0.39 is 5.82 Å². The van der Waals surface area contributed by atoms with Gasteiger partial charge in [-0.15, -0.1) is 0 Å². The van der Waals surface area contributed by atoms with Gasteiger partial charge in [-0.1, -0.05) is 0 Å². The Morgan fingerprint density at radius 1 is 1.06 bits per heavy atom. The molecule has 1 aliphatic heterocycles. The average molecular weight is 444 g/mol. The fourth-order valence-corrected chi connectivity index (χ4v) is 4.09. The van der Waals surface area contributed by atoms with Crippen LogP contribution in [-0.2, 0) is 6.54 Å². The molecule has 4 rings (SSSR count). The third-order valence-corrected chi connectivity index (χ3v) is 5.69. The highest BCUT2D eigenvalue weighted by molar-refractivity contribution is 7.80. The Bertz CT molecular complexity index is 1130. The van der Waals surface area contributed by atoms with Crippen molar-refractivity contribution in [2.75, 3.05) is 25.0 Å². The third kappa shape index (κ3) is 5.42. The van der Waals surface area contributed by atoms with E-state index in [0.717, 1.165) is 37.8 Å². The summed E-state index contributed by atoms with van der Waals surface area (Å²) in [6.45, 7) is 2.90. The number of anilines is 1. The first-order valence-corrected chi connectivity index (χ1v) is 10.6. The van der Waals surface area contributed by atoms with E-state index in [1.54, 1.807) is 22.8 Å². The van der Waals surface area contributed by atoms with Crippen LogP contribution in [0.15, 0.2) is 53.5 Å². The Kier molecular flexibility index (Phi) is 6.53. The molecule has 1 aromatic carbocycles. The Morgan fingerprint density at radius 3 is 2.55 bits per heavy atom. The zero-order chi connectivity index (χ0) is 21.8. The lowest BCUT2D eigenvalue weighted by atomic mass is 10.1.